The molecule has 2 aliphatic rings. The second kappa shape index (κ2) is 6.66. The molecule has 0 amide bonds. The van der Waals surface area contributed by atoms with Crippen LogP contribution in [0.5, 0.6) is 0 Å². The SMILES string of the molecule is CCN1CCOC(CN2CCOCC2CO)C1. The molecule has 5 nitrogen and oxygen atoms in total. The summed E-state index contributed by atoms with van der Waals surface area (Å²) in [5.41, 5.74) is 0. The number of hydrogen-bond acceptors (Lipinski definition) is 5. The maximum atomic E-state index is 9.32. The summed E-state index contributed by atoms with van der Waals surface area (Å²) in [5.74, 6) is 0. The van der Waals surface area contributed by atoms with Crippen LogP contribution in [-0.4, -0.2) is 86.2 Å². The van der Waals surface area contributed by atoms with Gasteiger partial charge >= 0.3 is 0 Å². The van der Waals surface area contributed by atoms with Gasteiger partial charge in [-0.15, -0.1) is 0 Å². The second-order valence-electron chi connectivity index (χ2n) is 4.79. The summed E-state index contributed by atoms with van der Waals surface area (Å²) >= 11 is 0. The molecule has 0 aromatic carbocycles. The van der Waals surface area contributed by atoms with Crippen LogP contribution in [0.15, 0.2) is 0 Å². The van der Waals surface area contributed by atoms with Gasteiger partial charge in [0.2, 0.25) is 0 Å². The molecule has 0 aromatic heterocycles. The zero-order valence-corrected chi connectivity index (χ0v) is 10.7. The Hall–Kier alpha value is -0.200. The van der Waals surface area contributed by atoms with Crippen LogP contribution < -0.4 is 0 Å². The standard InChI is InChI=1S/C12H24N2O3/c1-2-13-3-6-17-12(7-13)8-14-4-5-16-10-11(14)9-15/h11-12,15H,2-10H2,1H3. The van der Waals surface area contributed by atoms with Gasteiger partial charge in [-0.2, -0.15) is 0 Å². The van der Waals surface area contributed by atoms with Gasteiger partial charge in [-0.05, 0) is 6.54 Å². The lowest BCUT2D eigenvalue weighted by molar-refractivity contribution is -0.0795. The Balaban J connectivity index is 1.81. The van der Waals surface area contributed by atoms with Crippen molar-refractivity contribution in [3.05, 3.63) is 0 Å². The highest BCUT2D eigenvalue weighted by molar-refractivity contribution is 4.80. The Labute approximate surface area is 103 Å². The van der Waals surface area contributed by atoms with Crippen molar-refractivity contribution >= 4 is 0 Å². The minimum atomic E-state index is 0.143. The normalized spacial score (nSPS) is 32.8. The molecular weight excluding hydrogens is 220 g/mol. The zero-order chi connectivity index (χ0) is 12.1. The van der Waals surface area contributed by atoms with E-state index in [9.17, 15) is 5.11 Å². The highest BCUT2D eigenvalue weighted by Gasteiger charge is 2.27. The molecule has 2 aliphatic heterocycles. The first-order valence-electron chi connectivity index (χ1n) is 6.60. The molecule has 2 fully saturated rings. The Kier molecular flexibility index (Phi) is 5.18. The third kappa shape index (κ3) is 3.63. The molecule has 0 saturated carbocycles. The number of rotatable bonds is 4. The minimum absolute atomic E-state index is 0.143. The van der Waals surface area contributed by atoms with E-state index in [1.807, 2.05) is 0 Å². The molecule has 17 heavy (non-hydrogen) atoms. The van der Waals surface area contributed by atoms with E-state index < -0.39 is 0 Å². The Morgan fingerprint density at radius 2 is 2.18 bits per heavy atom. The van der Waals surface area contributed by atoms with Crippen LogP contribution in [-0.2, 0) is 9.47 Å². The lowest BCUT2D eigenvalue weighted by atomic mass is 10.2. The van der Waals surface area contributed by atoms with Gasteiger partial charge in [-0.1, -0.05) is 6.92 Å². The first kappa shape index (κ1) is 13.2. The van der Waals surface area contributed by atoms with Gasteiger partial charge in [-0.25, -0.2) is 0 Å². The topological polar surface area (TPSA) is 45.2 Å². The summed E-state index contributed by atoms with van der Waals surface area (Å²) in [5, 5.41) is 9.32. The van der Waals surface area contributed by atoms with Crippen LogP contribution in [0.4, 0.5) is 0 Å². The maximum Gasteiger partial charge on any atom is 0.0829 e. The third-order valence-corrected chi connectivity index (χ3v) is 3.67. The molecule has 5 heteroatoms. The van der Waals surface area contributed by atoms with Crippen molar-refractivity contribution in [1.29, 1.82) is 0 Å². The summed E-state index contributed by atoms with van der Waals surface area (Å²) in [6.45, 7) is 9.53. The number of morpholine rings is 2. The van der Waals surface area contributed by atoms with Gasteiger partial charge in [-0.3, -0.25) is 9.80 Å². The minimum Gasteiger partial charge on any atom is -0.395 e. The highest BCUT2D eigenvalue weighted by Crippen LogP contribution is 2.11. The monoisotopic (exact) mass is 244 g/mol. The molecule has 0 aliphatic carbocycles. The quantitative estimate of drug-likeness (QED) is 0.715. The van der Waals surface area contributed by atoms with E-state index in [1.165, 1.54) is 0 Å². The number of ether oxygens (including phenoxy) is 2. The molecule has 0 spiro atoms. The zero-order valence-electron chi connectivity index (χ0n) is 10.7. The Morgan fingerprint density at radius 3 is 2.94 bits per heavy atom. The molecule has 2 unspecified atom stereocenters. The van der Waals surface area contributed by atoms with Gasteiger partial charge in [0.05, 0.1) is 38.6 Å². The largest absolute Gasteiger partial charge is 0.395 e. The molecule has 0 bridgehead atoms. The van der Waals surface area contributed by atoms with Gasteiger partial charge in [0, 0.05) is 26.2 Å². The van der Waals surface area contributed by atoms with Crippen LogP contribution in [0.2, 0.25) is 0 Å². The van der Waals surface area contributed by atoms with Gasteiger partial charge in [0.1, 0.15) is 0 Å². The smallest absolute Gasteiger partial charge is 0.0829 e. The van der Waals surface area contributed by atoms with Gasteiger partial charge < -0.3 is 14.6 Å². The average Bonchev–Trinajstić information content (AvgIpc) is 2.39. The van der Waals surface area contributed by atoms with E-state index in [-0.39, 0.29) is 18.8 Å². The lowest BCUT2D eigenvalue weighted by Crippen LogP contribution is -2.54. The van der Waals surface area contributed by atoms with E-state index >= 15 is 0 Å². The molecule has 100 valence electrons. The van der Waals surface area contributed by atoms with Crippen molar-refractivity contribution in [2.45, 2.75) is 19.1 Å². The summed E-state index contributed by atoms with van der Waals surface area (Å²) in [4.78, 5) is 4.72. The van der Waals surface area contributed by atoms with E-state index in [2.05, 4.69) is 16.7 Å². The molecule has 2 rings (SSSR count). The van der Waals surface area contributed by atoms with Crippen LogP contribution in [0.3, 0.4) is 0 Å². The fourth-order valence-corrected chi connectivity index (χ4v) is 2.54. The first-order chi connectivity index (χ1) is 8.33. The van der Waals surface area contributed by atoms with Crippen molar-refractivity contribution < 1.29 is 14.6 Å². The molecule has 2 atom stereocenters. The van der Waals surface area contributed by atoms with Crippen molar-refractivity contribution in [2.75, 3.05) is 59.2 Å². The van der Waals surface area contributed by atoms with Crippen molar-refractivity contribution in [3.8, 4) is 0 Å². The van der Waals surface area contributed by atoms with E-state index in [4.69, 9.17) is 9.47 Å². The molecule has 0 aromatic rings. The summed E-state index contributed by atoms with van der Waals surface area (Å²) in [7, 11) is 0. The molecule has 1 N–H and O–H groups in total. The predicted molar refractivity (Wildman–Crippen MR) is 65.1 cm³/mol. The molecular formula is C12H24N2O3. The van der Waals surface area contributed by atoms with Crippen LogP contribution in [0.25, 0.3) is 0 Å². The van der Waals surface area contributed by atoms with E-state index in [0.717, 1.165) is 45.9 Å². The fourth-order valence-electron chi connectivity index (χ4n) is 2.54. The number of nitrogens with zero attached hydrogens (tertiary/aromatic N) is 2. The van der Waals surface area contributed by atoms with Gasteiger partial charge in [0.25, 0.3) is 0 Å². The van der Waals surface area contributed by atoms with Crippen LogP contribution in [0, 0.1) is 0 Å². The highest BCUT2D eigenvalue weighted by atomic mass is 16.5. The summed E-state index contributed by atoms with van der Waals surface area (Å²) in [6.07, 6.45) is 0.274. The molecule has 0 radical (unpaired) electrons. The number of likely N-dealkylation sites (N-methyl/N-ethyl adjacent to an activating group) is 1. The second-order valence-corrected chi connectivity index (χ2v) is 4.79. The predicted octanol–water partition coefficient (Wildman–Crippen LogP) is -0.600. The van der Waals surface area contributed by atoms with Gasteiger partial charge in [0.15, 0.2) is 0 Å². The maximum absolute atomic E-state index is 9.32. The lowest BCUT2D eigenvalue weighted by Gasteiger charge is -2.39. The van der Waals surface area contributed by atoms with Crippen molar-refractivity contribution in [3.63, 3.8) is 0 Å². The van der Waals surface area contributed by atoms with E-state index in [0.29, 0.717) is 6.61 Å². The first-order valence-corrected chi connectivity index (χ1v) is 6.60. The molecule has 2 saturated heterocycles. The molecule has 2 heterocycles. The number of aliphatic hydroxyl groups excluding tert-OH is 1. The average molecular weight is 244 g/mol. The number of aliphatic hydroxyl groups is 1. The summed E-state index contributed by atoms with van der Waals surface area (Å²) < 4.78 is 11.2. The van der Waals surface area contributed by atoms with Crippen LogP contribution >= 0.6 is 0 Å². The summed E-state index contributed by atoms with van der Waals surface area (Å²) in [6, 6.07) is 0.143. The van der Waals surface area contributed by atoms with E-state index in [1.54, 1.807) is 0 Å². The number of hydrogen-bond donors (Lipinski definition) is 1. The van der Waals surface area contributed by atoms with Crippen molar-refractivity contribution in [2.24, 2.45) is 0 Å². The fraction of sp³-hybridized carbons (Fsp3) is 1.00. The third-order valence-electron chi connectivity index (χ3n) is 3.67. The Morgan fingerprint density at radius 1 is 1.29 bits per heavy atom. The van der Waals surface area contributed by atoms with Crippen molar-refractivity contribution in [1.82, 2.24) is 9.80 Å². The Bertz CT molecular complexity index is 228. The van der Waals surface area contributed by atoms with Crippen LogP contribution in [0.1, 0.15) is 6.92 Å².